The molecule has 0 aromatic rings. The molecule has 1 rings (SSSR count). The van der Waals surface area contributed by atoms with Crippen LogP contribution in [0.25, 0.3) is 0 Å². The van der Waals surface area contributed by atoms with Crippen LogP contribution in [0, 0.1) is 5.92 Å². The lowest BCUT2D eigenvalue weighted by Gasteiger charge is -2.30. The molecular formula is C13H28N2O2. The van der Waals surface area contributed by atoms with Gasteiger partial charge in [0.1, 0.15) is 0 Å². The van der Waals surface area contributed by atoms with Gasteiger partial charge in [0.15, 0.2) is 0 Å². The number of nitrogens with two attached hydrogens (primary N) is 1. The van der Waals surface area contributed by atoms with Crippen molar-refractivity contribution < 1.29 is 9.47 Å². The summed E-state index contributed by atoms with van der Waals surface area (Å²) in [5, 5.41) is 0. The number of ether oxygens (including phenoxy) is 2. The fourth-order valence-electron chi connectivity index (χ4n) is 2.66. The summed E-state index contributed by atoms with van der Waals surface area (Å²) in [4.78, 5) is 2.47. The number of hydrogen-bond acceptors (Lipinski definition) is 4. The van der Waals surface area contributed by atoms with Gasteiger partial charge in [0.25, 0.3) is 0 Å². The average Bonchev–Trinajstić information content (AvgIpc) is 2.70. The number of nitrogens with zero attached hydrogens (tertiary/aromatic N) is 1. The molecule has 102 valence electrons. The molecule has 3 atom stereocenters. The summed E-state index contributed by atoms with van der Waals surface area (Å²) in [7, 11) is 3.52. The lowest BCUT2D eigenvalue weighted by molar-refractivity contribution is 0.0653. The third-order valence-corrected chi connectivity index (χ3v) is 3.69. The Hall–Kier alpha value is -0.160. The van der Waals surface area contributed by atoms with Crippen LogP contribution in [0.5, 0.6) is 0 Å². The molecule has 4 nitrogen and oxygen atoms in total. The van der Waals surface area contributed by atoms with Gasteiger partial charge in [0.2, 0.25) is 0 Å². The van der Waals surface area contributed by atoms with E-state index < -0.39 is 0 Å². The second-order valence-corrected chi connectivity index (χ2v) is 5.23. The van der Waals surface area contributed by atoms with Gasteiger partial charge in [-0.15, -0.1) is 0 Å². The Bertz CT molecular complexity index is 202. The van der Waals surface area contributed by atoms with Crippen LogP contribution in [0.15, 0.2) is 0 Å². The lowest BCUT2D eigenvalue weighted by Crippen LogP contribution is -2.41. The first-order valence-electron chi connectivity index (χ1n) is 6.64. The van der Waals surface area contributed by atoms with Gasteiger partial charge in [-0.1, -0.05) is 0 Å². The Kier molecular flexibility index (Phi) is 7.04. The Morgan fingerprint density at radius 1 is 1.29 bits per heavy atom. The normalized spacial score (nSPS) is 26.6. The van der Waals surface area contributed by atoms with Gasteiger partial charge in [-0.3, -0.25) is 4.90 Å². The quantitative estimate of drug-likeness (QED) is 0.694. The van der Waals surface area contributed by atoms with Crippen molar-refractivity contribution in [3.05, 3.63) is 0 Å². The van der Waals surface area contributed by atoms with Gasteiger partial charge in [0, 0.05) is 39.4 Å². The van der Waals surface area contributed by atoms with Crippen molar-refractivity contribution in [3.63, 3.8) is 0 Å². The van der Waals surface area contributed by atoms with E-state index in [2.05, 4.69) is 11.8 Å². The first kappa shape index (κ1) is 14.9. The number of methoxy groups -OCH3 is 2. The maximum Gasteiger partial charge on any atom is 0.0615 e. The fourth-order valence-corrected chi connectivity index (χ4v) is 2.66. The summed E-state index contributed by atoms with van der Waals surface area (Å²) < 4.78 is 10.4. The molecule has 0 bridgehead atoms. The van der Waals surface area contributed by atoms with Crippen LogP contribution in [-0.4, -0.2) is 57.5 Å². The molecule has 0 saturated heterocycles. The molecule has 4 heteroatoms. The molecule has 1 aliphatic carbocycles. The summed E-state index contributed by atoms with van der Waals surface area (Å²) in [5.41, 5.74) is 5.97. The third-order valence-electron chi connectivity index (χ3n) is 3.69. The van der Waals surface area contributed by atoms with Crippen molar-refractivity contribution in [2.24, 2.45) is 11.7 Å². The third kappa shape index (κ3) is 5.34. The van der Waals surface area contributed by atoms with Crippen LogP contribution >= 0.6 is 0 Å². The first-order valence-corrected chi connectivity index (χ1v) is 6.64. The molecular weight excluding hydrogens is 216 g/mol. The fraction of sp³-hybridized carbons (Fsp3) is 1.00. The standard InChI is InChI=1S/C13H28N2O2/c1-11(10-17-3)15(6-7-16-2)9-12-4-5-13(14)8-12/h11-13H,4-10,14H2,1-3H3. The summed E-state index contributed by atoms with van der Waals surface area (Å²) in [6.45, 7) is 5.89. The van der Waals surface area contributed by atoms with E-state index in [4.69, 9.17) is 15.2 Å². The van der Waals surface area contributed by atoms with E-state index in [9.17, 15) is 0 Å². The van der Waals surface area contributed by atoms with E-state index in [-0.39, 0.29) is 0 Å². The maximum atomic E-state index is 5.97. The highest BCUT2D eigenvalue weighted by atomic mass is 16.5. The van der Waals surface area contributed by atoms with Crippen molar-refractivity contribution in [1.82, 2.24) is 4.90 Å². The molecule has 0 aromatic heterocycles. The Morgan fingerprint density at radius 2 is 2.06 bits per heavy atom. The van der Waals surface area contributed by atoms with Crippen molar-refractivity contribution >= 4 is 0 Å². The Labute approximate surface area is 105 Å². The van der Waals surface area contributed by atoms with Crippen LogP contribution in [0.2, 0.25) is 0 Å². The van der Waals surface area contributed by atoms with Gasteiger partial charge in [-0.05, 0) is 32.1 Å². The van der Waals surface area contributed by atoms with Gasteiger partial charge in [-0.25, -0.2) is 0 Å². The highest BCUT2D eigenvalue weighted by Gasteiger charge is 2.25. The van der Waals surface area contributed by atoms with Crippen molar-refractivity contribution in [2.45, 2.75) is 38.3 Å². The predicted octanol–water partition coefficient (Wildman–Crippen LogP) is 1.10. The average molecular weight is 244 g/mol. The first-order chi connectivity index (χ1) is 8.17. The minimum Gasteiger partial charge on any atom is -0.383 e. The molecule has 1 aliphatic rings. The lowest BCUT2D eigenvalue weighted by atomic mass is 10.1. The van der Waals surface area contributed by atoms with Crippen LogP contribution in [0.3, 0.4) is 0 Å². The van der Waals surface area contributed by atoms with E-state index in [1.807, 2.05) is 0 Å². The minimum atomic E-state index is 0.419. The van der Waals surface area contributed by atoms with Crippen molar-refractivity contribution in [3.8, 4) is 0 Å². The van der Waals surface area contributed by atoms with Gasteiger partial charge >= 0.3 is 0 Å². The topological polar surface area (TPSA) is 47.7 Å². The number of hydrogen-bond donors (Lipinski definition) is 1. The molecule has 0 spiro atoms. The Balaban J connectivity index is 2.38. The van der Waals surface area contributed by atoms with E-state index in [0.29, 0.717) is 12.1 Å². The molecule has 3 unspecified atom stereocenters. The smallest absolute Gasteiger partial charge is 0.0615 e. The SMILES string of the molecule is COCCN(CC1CCC(N)C1)C(C)COC. The molecule has 2 N–H and O–H groups in total. The van der Waals surface area contributed by atoms with Gasteiger partial charge in [-0.2, -0.15) is 0 Å². The molecule has 0 heterocycles. The Morgan fingerprint density at radius 3 is 2.59 bits per heavy atom. The predicted molar refractivity (Wildman–Crippen MR) is 70.1 cm³/mol. The number of rotatable bonds is 8. The molecule has 0 radical (unpaired) electrons. The monoisotopic (exact) mass is 244 g/mol. The van der Waals surface area contributed by atoms with E-state index in [1.54, 1.807) is 14.2 Å². The molecule has 0 aromatic carbocycles. The van der Waals surface area contributed by atoms with Crippen LogP contribution in [-0.2, 0) is 9.47 Å². The van der Waals surface area contributed by atoms with Crippen LogP contribution in [0.4, 0.5) is 0 Å². The van der Waals surface area contributed by atoms with E-state index >= 15 is 0 Å². The highest BCUT2D eigenvalue weighted by molar-refractivity contribution is 4.81. The maximum absolute atomic E-state index is 5.97. The summed E-state index contributed by atoms with van der Waals surface area (Å²) >= 11 is 0. The van der Waals surface area contributed by atoms with Crippen LogP contribution in [0.1, 0.15) is 26.2 Å². The molecule has 1 fully saturated rings. The minimum absolute atomic E-state index is 0.419. The summed E-state index contributed by atoms with van der Waals surface area (Å²) in [6.07, 6.45) is 3.62. The van der Waals surface area contributed by atoms with Gasteiger partial charge in [0.05, 0.1) is 13.2 Å². The molecule has 17 heavy (non-hydrogen) atoms. The van der Waals surface area contributed by atoms with E-state index in [1.165, 1.54) is 19.3 Å². The summed E-state index contributed by atoms with van der Waals surface area (Å²) in [6, 6.07) is 0.869. The van der Waals surface area contributed by atoms with Crippen molar-refractivity contribution in [2.75, 3.05) is 40.5 Å². The second-order valence-electron chi connectivity index (χ2n) is 5.23. The zero-order chi connectivity index (χ0) is 12.7. The van der Waals surface area contributed by atoms with E-state index in [0.717, 1.165) is 32.2 Å². The molecule has 1 saturated carbocycles. The molecule has 0 aliphatic heterocycles. The van der Waals surface area contributed by atoms with Gasteiger partial charge < -0.3 is 15.2 Å². The van der Waals surface area contributed by atoms with Crippen molar-refractivity contribution in [1.29, 1.82) is 0 Å². The summed E-state index contributed by atoms with van der Waals surface area (Å²) in [5.74, 6) is 0.751. The highest BCUT2D eigenvalue weighted by Crippen LogP contribution is 2.25. The largest absolute Gasteiger partial charge is 0.383 e. The zero-order valence-electron chi connectivity index (χ0n) is 11.5. The molecule has 0 amide bonds. The second kappa shape index (κ2) is 8.03. The zero-order valence-corrected chi connectivity index (χ0v) is 11.5. The van der Waals surface area contributed by atoms with Crippen LogP contribution < -0.4 is 5.73 Å².